The van der Waals surface area contributed by atoms with Gasteiger partial charge in [0, 0.05) is 52.4 Å². The first-order valence-electron chi connectivity index (χ1n) is 11.8. The van der Waals surface area contributed by atoms with Crippen LogP contribution in [-0.4, -0.2) is 178 Å². The van der Waals surface area contributed by atoms with Crippen molar-refractivity contribution in [3.63, 3.8) is 0 Å². The molecule has 34 heavy (non-hydrogen) atoms. The van der Waals surface area contributed by atoms with Crippen molar-refractivity contribution in [1.29, 1.82) is 0 Å². The van der Waals surface area contributed by atoms with E-state index in [1.54, 1.807) is 0 Å². The standard InChI is InChI=1S/C20H40N4O10/c25-9-11-13(27)15(29)17(31)19(33-11)23-5-1-21-2-6-24(8-4-22-3-7-23)20-18(32)16(30)14(28)12(10-26)34-20/h11-22,25-32H,1-10H2/t11-,12-,13-,14-,15+,16+,17-,18-,19-,20-/m1/s1. The highest BCUT2D eigenvalue weighted by Crippen LogP contribution is 2.24. The smallest absolute Gasteiger partial charge is 0.140 e. The van der Waals surface area contributed by atoms with Crippen LogP contribution in [0, 0.1) is 0 Å². The Kier molecular flexibility index (Phi) is 10.8. The number of rotatable bonds is 4. The van der Waals surface area contributed by atoms with Crippen LogP contribution in [0.3, 0.4) is 0 Å². The van der Waals surface area contributed by atoms with Crippen molar-refractivity contribution < 1.29 is 50.3 Å². The van der Waals surface area contributed by atoms with Gasteiger partial charge in [-0.1, -0.05) is 0 Å². The fourth-order valence-electron chi connectivity index (χ4n) is 4.64. The van der Waals surface area contributed by atoms with Gasteiger partial charge in [0.2, 0.25) is 0 Å². The van der Waals surface area contributed by atoms with E-state index in [0.717, 1.165) is 0 Å². The maximum Gasteiger partial charge on any atom is 0.140 e. The highest BCUT2D eigenvalue weighted by atomic mass is 16.6. The second-order valence-electron chi connectivity index (χ2n) is 9.01. The Bertz CT molecular complexity index is 544. The molecule has 3 fully saturated rings. The molecule has 0 aromatic rings. The van der Waals surface area contributed by atoms with Crippen LogP contribution in [0.4, 0.5) is 0 Å². The number of hydrogen-bond acceptors (Lipinski definition) is 14. The van der Waals surface area contributed by atoms with Crippen LogP contribution in [0.1, 0.15) is 0 Å². The second kappa shape index (κ2) is 13.1. The molecule has 0 bridgehead atoms. The van der Waals surface area contributed by atoms with E-state index < -0.39 is 74.5 Å². The Morgan fingerprint density at radius 1 is 0.529 bits per heavy atom. The lowest BCUT2D eigenvalue weighted by molar-refractivity contribution is -0.266. The molecule has 14 heteroatoms. The van der Waals surface area contributed by atoms with Crippen LogP contribution in [-0.2, 0) is 9.47 Å². The number of ether oxygens (including phenoxy) is 2. The third kappa shape index (κ3) is 6.41. The summed E-state index contributed by atoms with van der Waals surface area (Å²) >= 11 is 0. The number of aliphatic hydroxyl groups excluding tert-OH is 8. The molecule has 0 aliphatic carbocycles. The molecule has 0 aromatic carbocycles. The van der Waals surface area contributed by atoms with E-state index in [-0.39, 0.29) is 0 Å². The van der Waals surface area contributed by atoms with Gasteiger partial charge in [0.05, 0.1) is 13.2 Å². The van der Waals surface area contributed by atoms with Crippen molar-refractivity contribution in [2.45, 2.75) is 61.3 Å². The summed E-state index contributed by atoms with van der Waals surface area (Å²) in [5.41, 5.74) is 0. The molecule has 3 heterocycles. The van der Waals surface area contributed by atoms with E-state index in [1.807, 2.05) is 9.80 Å². The zero-order chi connectivity index (χ0) is 24.8. The van der Waals surface area contributed by atoms with Crippen LogP contribution in [0.2, 0.25) is 0 Å². The minimum absolute atomic E-state index is 0.449. The average Bonchev–Trinajstić information content (AvgIpc) is 2.83. The molecule has 0 spiro atoms. The summed E-state index contributed by atoms with van der Waals surface area (Å²) in [5, 5.41) is 86.6. The SMILES string of the molecule is OC[C@H]1O[C@@H](N2CCNCCN([C@@H]3O[C@H](CO)[C@@H](O)[C@H](O)[C@H]3O)CCNCC2)[C@H](O)[C@@H](O)[C@@H]1O. The van der Waals surface area contributed by atoms with Gasteiger partial charge in [0.25, 0.3) is 0 Å². The molecule has 0 saturated carbocycles. The van der Waals surface area contributed by atoms with Gasteiger partial charge in [-0.25, -0.2) is 0 Å². The topological polar surface area (TPSA) is 211 Å². The van der Waals surface area contributed by atoms with E-state index in [2.05, 4.69) is 10.6 Å². The maximum atomic E-state index is 10.4. The number of nitrogens with one attached hydrogen (secondary N) is 2. The Labute approximate surface area is 198 Å². The first-order chi connectivity index (χ1) is 16.3. The zero-order valence-electron chi connectivity index (χ0n) is 19.1. The van der Waals surface area contributed by atoms with Crippen molar-refractivity contribution in [3.05, 3.63) is 0 Å². The Hall–Kier alpha value is -0.560. The predicted molar refractivity (Wildman–Crippen MR) is 116 cm³/mol. The third-order valence-corrected chi connectivity index (χ3v) is 6.76. The molecule has 0 amide bonds. The number of hydrogen-bond donors (Lipinski definition) is 10. The van der Waals surface area contributed by atoms with Crippen molar-refractivity contribution in [3.8, 4) is 0 Å². The molecule has 10 N–H and O–H groups in total. The van der Waals surface area contributed by atoms with Gasteiger partial charge in [-0.3, -0.25) is 9.80 Å². The Balaban J connectivity index is 1.58. The largest absolute Gasteiger partial charge is 0.394 e. The quantitative estimate of drug-likeness (QED) is 0.175. The van der Waals surface area contributed by atoms with Gasteiger partial charge in [0.1, 0.15) is 61.3 Å². The summed E-state index contributed by atoms with van der Waals surface area (Å²) in [5.74, 6) is 0. The molecule has 3 aliphatic rings. The highest BCUT2D eigenvalue weighted by molar-refractivity contribution is 4.93. The summed E-state index contributed by atoms with van der Waals surface area (Å²) in [4.78, 5) is 3.67. The zero-order valence-corrected chi connectivity index (χ0v) is 19.1. The highest BCUT2D eigenvalue weighted by Gasteiger charge is 2.46. The van der Waals surface area contributed by atoms with Crippen LogP contribution in [0.15, 0.2) is 0 Å². The number of nitrogens with zero attached hydrogens (tertiary/aromatic N) is 2. The Morgan fingerprint density at radius 2 is 0.853 bits per heavy atom. The molecule has 10 atom stereocenters. The van der Waals surface area contributed by atoms with E-state index in [0.29, 0.717) is 52.4 Å². The van der Waals surface area contributed by atoms with Crippen molar-refractivity contribution in [2.75, 3.05) is 65.6 Å². The van der Waals surface area contributed by atoms with Crippen molar-refractivity contribution in [2.24, 2.45) is 0 Å². The van der Waals surface area contributed by atoms with Gasteiger partial charge >= 0.3 is 0 Å². The van der Waals surface area contributed by atoms with Gasteiger partial charge in [0.15, 0.2) is 0 Å². The van der Waals surface area contributed by atoms with Crippen LogP contribution >= 0.6 is 0 Å². The first kappa shape index (κ1) is 28.0. The van der Waals surface area contributed by atoms with Gasteiger partial charge in [-0.15, -0.1) is 0 Å². The summed E-state index contributed by atoms with van der Waals surface area (Å²) in [6.07, 6.45) is -12.1. The summed E-state index contributed by atoms with van der Waals surface area (Å²) < 4.78 is 11.4. The second-order valence-corrected chi connectivity index (χ2v) is 9.01. The summed E-state index contributed by atoms with van der Waals surface area (Å²) in [6.45, 7) is 2.81. The molecule has 3 saturated heterocycles. The van der Waals surface area contributed by atoms with E-state index in [9.17, 15) is 40.9 Å². The van der Waals surface area contributed by atoms with Gasteiger partial charge in [-0.05, 0) is 0 Å². The number of aliphatic hydroxyl groups is 8. The predicted octanol–water partition coefficient (Wildman–Crippen LogP) is -6.62. The molecule has 3 aliphatic heterocycles. The lowest BCUT2D eigenvalue weighted by Gasteiger charge is -2.45. The fraction of sp³-hybridized carbons (Fsp3) is 1.00. The normalized spacial score (nSPS) is 44.8. The third-order valence-electron chi connectivity index (χ3n) is 6.76. The minimum Gasteiger partial charge on any atom is -0.394 e. The first-order valence-corrected chi connectivity index (χ1v) is 11.8. The fourth-order valence-corrected chi connectivity index (χ4v) is 4.64. The van der Waals surface area contributed by atoms with Crippen LogP contribution in [0.25, 0.3) is 0 Å². The van der Waals surface area contributed by atoms with E-state index in [1.165, 1.54) is 0 Å². The molecule has 0 aromatic heterocycles. The molecule has 200 valence electrons. The summed E-state index contributed by atoms with van der Waals surface area (Å²) in [7, 11) is 0. The van der Waals surface area contributed by atoms with E-state index >= 15 is 0 Å². The van der Waals surface area contributed by atoms with Crippen molar-refractivity contribution in [1.82, 2.24) is 20.4 Å². The molecular formula is C20H40N4O10. The molecular weight excluding hydrogens is 456 g/mol. The van der Waals surface area contributed by atoms with Gasteiger partial charge < -0.3 is 61.0 Å². The molecule has 14 nitrogen and oxygen atoms in total. The monoisotopic (exact) mass is 496 g/mol. The van der Waals surface area contributed by atoms with E-state index in [4.69, 9.17) is 9.47 Å². The van der Waals surface area contributed by atoms with Crippen molar-refractivity contribution >= 4 is 0 Å². The lowest BCUT2D eigenvalue weighted by Crippen LogP contribution is -2.65. The van der Waals surface area contributed by atoms with Crippen LogP contribution < -0.4 is 10.6 Å². The molecule has 0 radical (unpaired) electrons. The molecule has 3 rings (SSSR count). The molecule has 0 unspecified atom stereocenters. The van der Waals surface area contributed by atoms with Gasteiger partial charge in [-0.2, -0.15) is 0 Å². The Morgan fingerprint density at radius 3 is 1.15 bits per heavy atom. The summed E-state index contributed by atoms with van der Waals surface area (Å²) in [6, 6.07) is 0. The average molecular weight is 497 g/mol. The minimum atomic E-state index is -1.44. The maximum absolute atomic E-state index is 10.4. The van der Waals surface area contributed by atoms with Crippen LogP contribution in [0.5, 0.6) is 0 Å². The lowest BCUT2D eigenvalue weighted by atomic mass is 9.97.